The minimum Gasteiger partial charge on any atom is -0.493 e. The number of ether oxygens (including phenoxy) is 1. The second kappa shape index (κ2) is 8.40. The zero-order chi connectivity index (χ0) is 15.9. The molecule has 1 rings (SSSR count). The van der Waals surface area contributed by atoms with Crippen LogP contribution in [0.4, 0.5) is 0 Å². The van der Waals surface area contributed by atoms with E-state index in [0.717, 1.165) is 25.2 Å². The highest BCUT2D eigenvalue weighted by atomic mass is 16.5. The van der Waals surface area contributed by atoms with Gasteiger partial charge in [-0.3, -0.25) is 0 Å². The van der Waals surface area contributed by atoms with Gasteiger partial charge in [0.2, 0.25) is 0 Å². The Morgan fingerprint density at radius 3 is 2.10 bits per heavy atom. The Balaban J connectivity index is 2.68. The van der Waals surface area contributed by atoms with Crippen molar-refractivity contribution in [2.45, 2.75) is 59.0 Å². The first kappa shape index (κ1) is 18.0. The maximum atomic E-state index is 9.66. The predicted octanol–water partition coefficient (Wildman–Crippen LogP) is 3.92. The van der Waals surface area contributed by atoms with E-state index < -0.39 is 0 Å². The van der Waals surface area contributed by atoms with Gasteiger partial charge in [0.25, 0.3) is 0 Å². The molecular weight excluding hydrogens is 262 g/mol. The fraction of sp³-hybridized carbons (Fsp3) is 0.667. The number of benzene rings is 1. The molecule has 0 saturated heterocycles. The molecular formula is C18H31NO2. The van der Waals surface area contributed by atoms with Gasteiger partial charge >= 0.3 is 0 Å². The maximum absolute atomic E-state index is 9.66. The van der Waals surface area contributed by atoms with Crippen LogP contribution >= 0.6 is 0 Å². The third-order valence-electron chi connectivity index (χ3n) is 4.14. The summed E-state index contributed by atoms with van der Waals surface area (Å²) in [6, 6.07) is 8.45. The summed E-state index contributed by atoms with van der Waals surface area (Å²) in [4.78, 5) is 0. The number of hydrogen-bond donors (Lipinski definition) is 2. The first-order chi connectivity index (χ1) is 9.96. The Labute approximate surface area is 129 Å². The van der Waals surface area contributed by atoms with Crippen LogP contribution in [0.5, 0.6) is 5.75 Å². The smallest absolute Gasteiger partial charge is 0.119 e. The number of aliphatic hydroxyl groups excluding tert-OH is 1. The molecule has 3 nitrogen and oxygen atoms in total. The molecule has 0 aromatic heterocycles. The molecule has 2 N–H and O–H groups in total. The van der Waals surface area contributed by atoms with Crippen LogP contribution in [-0.2, 0) is 0 Å². The highest BCUT2D eigenvalue weighted by Gasteiger charge is 2.26. The van der Waals surface area contributed by atoms with Gasteiger partial charge in [-0.15, -0.1) is 0 Å². The molecule has 0 saturated carbocycles. The Morgan fingerprint density at radius 2 is 1.67 bits per heavy atom. The zero-order valence-corrected chi connectivity index (χ0v) is 14.1. The highest BCUT2D eigenvalue weighted by molar-refractivity contribution is 5.29. The molecule has 0 bridgehead atoms. The minimum atomic E-state index is -0.188. The summed E-state index contributed by atoms with van der Waals surface area (Å²) in [7, 11) is 0. The van der Waals surface area contributed by atoms with Crippen LogP contribution in [-0.4, -0.2) is 23.9 Å². The topological polar surface area (TPSA) is 41.5 Å². The Hall–Kier alpha value is -1.06. The van der Waals surface area contributed by atoms with E-state index in [1.807, 2.05) is 12.1 Å². The van der Waals surface area contributed by atoms with E-state index in [9.17, 15) is 5.11 Å². The first-order valence-corrected chi connectivity index (χ1v) is 8.07. The average molecular weight is 293 g/mol. The van der Waals surface area contributed by atoms with Crippen LogP contribution in [0.25, 0.3) is 0 Å². The van der Waals surface area contributed by atoms with E-state index in [4.69, 9.17) is 4.74 Å². The molecule has 0 heterocycles. The van der Waals surface area contributed by atoms with Gasteiger partial charge in [0.1, 0.15) is 5.75 Å². The summed E-state index contributed by atoms with van der Waals surface area (Å²) in [5.41, 5.74) is 1.03. The quantitative estimate of drug-likeness (QED) is 0.725. The minimum absolute atomic E-state index is 0.167. The fourth-order valence-corrected chi connectivity index (χ4v) is 2.38. The van der Waals surface area contributed by atoms with Crippen molar-refractivity contribution in [1.82, 2.24) is 5.32 Å². The number of rotatable bonds is 9. The standard InChI is InChI=1S/C18H31NO2/c1-6-18(7-2,13-20)19-15(5)16-8-10-17(11-9-16)21-12-14(3)4/h8-11,14-15,19-20H,6-7,12-13H2,1-5H3. The van der Waals surface area contributed by atoms with Gasteiger partial charge in [0.15, 0.2) is 0 Å². The summed E-state index contributed by atoms with van der Waals surface area (Å²) < 4.78 is 5.71. The lowest BCUT2D eigenvalue weighted by Crippen LogP contribution is -2.48. The molecule has 3 heteroatoms. The zero-order valence-electron chi connectivity index (χ0n) is 14.1. The molecule has 0 aliphatic rings. The summed E-state index contributed by atoms with van der Waals surface area (Å²) in [6.45, 7) is 11.6. The number of hydrogen-bond acceptors (Lipinski definition) is 3. The van der Waals surface area contributed by atoms with Crippen LogP contribution in [0.2, 0.25) is 0 Å². The van der Waals surface area contributed by atoms with Gasteiger partial charge < -0.3 is 15.2 Å². The predicted molar refractivity (Wildman–Crippen MR) is 88.7 cm³/mol. The highest BCUT2D eigenvalue weighted by Crippen LogP contribution is 2.23. The Morgan fingerprint density at radius 1 is 1.10 bits per heavy atom. The molecule has 120 valence electrons. The van der Waals surface area contributed by atoms with E-state index in [1.54, 1.807) is 0 Å². The molecule has 0 aliphatic heterocycles. The van der Waals surface area contributed by atoms with Gasteiger partial charge in [-0.2, -0.15) is 0 Å². The van der Waals surface area contributed by atoms with Crippen molar-refractivity contribution in [1.29, 1.82) is 0 Å². The van der Waals surface area contributed by atoms with Crippen molar-refractivity contribution in [3.8, 4) is 5.75 Å². The van der Waals surface area contributed by atoms with Gasteiger partial charge in [0, 0.05) is 11.6 Å². The normalized spacial score (nSPS) is 13.5. The van der Waals surface area contributed by atoms with E-state index in [-0.39, 0.29) is 18.2 Å². The van der Waals surface area contributed by atoms with E-state index in [0.29, 0.717) is 5.92 Å². The van der Waals surface area contributed by atoms with Gasteiger partial charge in [-0.1, -0.05) is 39.8 Å². The molecule has 0 fully saturated rings. The lowest BCUT2D eigenvalue weighted by atomic mass is 9.92. The van der Waals surface area contributed by atoms with Crippen LogP contribution in [0, 0.1) is 5.92 Å². The van der Waals surface area contributed by atoms with Crippen molar-refractivity contribution in [2.24, 2.45) is 5.92 Å². The van der Waals surface area contributed by atoms with Crippen LogP contribution in [0.15, 0.2) is 24.3 Å². The van der Waals surface area contributed by atoms with Crippen LogP contribution < -0.4 is 10.1 Å². The molecule has 21 heavy (non-hydrogen) atoms. The molecule has 1 unspecified atom stereocenters. The van der Waals surface area contributed by atoms with Crippen molar-refractivity contribution in [3.63, 3.8) is 0 Å². The van der Waals surface area contributed by atoms with Crippen LogP contribution in [0.1, 0.15) is 59.1 Å². The molecule has 0 aliphatic carbocycles. The molecule has 0 radical (unpaired) electrons. The summed E-state index contributed by atoms with van der Waals surface area (Å²) in [5, 5.41) is 13.2. The monoisotopic (exact) mass is 293 g/mol. The van der Waals surface area contributed by atoms with Crippen molar-refractivity contribution < 1.29 is 9.84 Å². The van der Waals surface area contributed by atoms with Gasteiger partial charge in [0.05, 0.1) is 13.2 Å². The summed E-state index contributed by atoms with van der Waals surface area (Å²) >= 11 is 0. The van der Waals surface area contributed by atoms with Gasteiger partial charge in [-0.25, -0.2) is 0 Å². The Bertz CT molecular complexity index is 388. The Kier molecular flexibility index (Phi) is 7.20. The maximum Gasteiger partial charge on any atom is 0.119 e. The summed E-state index contributed by atoms with van der Waals surface area (Å²) in [6.07, 6.45) is 1.83. The van der Waals surface area contributed by atoms with E-state index in [1.165, 1.54) is 5.56 Å². The van der Waals surface area contributed by atoms with Crippen molar-refractivity contribution in [3.05, 3.63) is 29.8 Å². The average Bonchev–Trinajstić information content (AvgIpc) is 2.51. The van der Waals surface area contributed by atoms with E-state index in [2.05, 4.69) is 52.1 Å². The largest absolute Gasteiger partial charge is 0.493 e. The van der Waals surface area contributed by atoms with Crippen molar-refractivity contribution >= 4 is 0 Å². The molecule has 1 aromatic rings. The SMILES string of the molecule is CCC(CC)(CO)NC(C)c1ccc(OCC(C)C)cc1. The summed E-state index contributed by atoms with van der Waals surface area (Å²) in [5.74, 6) is 1.45. The molecule has 0 spiro atoms. The van der Waals surface area contributed by atoms with Crippen LogP contribution in [0.3, 0.4) is 0 Å². The molecule has 1 aromatic carbocycles. The second-order valence-corrected chi connectivity index (χ2v) is 6.29. The fourth-order valence-electron chi connectivity index (χ4n) is 2.38. The number of nitrogens with one attached hydrogen (secondary N) is 1. The lowest BCUT2D eigenvalue weighted by molar-refractivity contribution is 0.140. The second-order valence-electron chi connectivity index (χ2n) is 6.29. The van der Waals surface area contributed by atoms with E-state index >= 15 is 0 Å². The lowest BCUT2D eigenvalue weighted by Gasteiger charge is -2.34. The van der Waals surface area contributed by atoms with Gasteiger partial charge in [-0.05, 0) is 43.4 Å². The first-order valence-electron chi connectivity index (χ1n) is 8.07. The number of aliphatic hydroxyl groups is 1. The van der Waals surface area contributed by atoms with Crippen molar-refractivity contribution in [2.75, 3.05) is 13.2 Å². The third kappa shape index (κ3) is 5.33. The molecule has 1 atom stereocenters. The molecule has 0 amide bonds. The third-order valence-corrected chi connectivity index (χ3v) is 4.14.